The summed E-state index contributed by atoms with van der Waals surface area (Å²) in [5, 5.41) is 16.8. The molecule has 0 amide bonds. The van der Waals surface area contributed by atoms with E-state index in [-0.39, 0.29) is 5.95 Å². The van der Waals surface area contributed by atoms with Crippen LogP contribution in [0.25, 0.3) is 23.2 Å². The number of hydrogen-bond acceptors (Lipinski definition) is 8. The van der Waals surface area contributed by atoms with Crippen molar-refractivity contribution in [1.29, 1.82) is 0 Å². The number of aryl methyl sites for hydroxylation is 2. The molecule has 2 aromatic carbocycles. The van der Waals surface area contributed by atoms with Gasteiger partial charge >= 0.3 is 0 Å². The molecule has 0 saturated carbocycles. The van der Waals surface area contributed by atoms with Crippen molar-refractivity contribution in [2.45, 2.75) is 19.3 Å². The molecule has 0 atom stereocenters. The Balaban J connectivity index is 1.13. The maximum Gasteiger partial charge on any atom is 0.248 e. The van der Waals surface area contributed by atoms with Gasteiger partial charge in [-0.3, -0.25) is 4.90 Å². The Morgan fingerprint density at radius 2 is 1.74 bits per heavy atom. The number of benzene rings is 2. The fourth-order valence-corrected chi connectivity index (χ4v) is 5.10. The highest BCUT2D eigenvalue weighted by atomic mass is 15.4. The number of nitrogens with two attached hydrogens (primary N) is 1. The molecule has 4 aromatic rings. The number of nitrogens with one attached hydrogen (secondary N) is 1. The van der Waals surface area contributed by atoms with Gasteiger partial charge in [0, 0.05) is 44.0 Å². The van der Waals surface area contributed by atoms with Crippen LogP contribution in [0.15, 0.2) is 60.7 Å². The Kier molecular flexibility index (Phi) is 6.85. The van der Waals surface area contributed by atoms with E-state index < -0.39 is 0 Å². The zero-order chi connectivity index (χ0) is 25.9. The molecule has 1 aliphatic carbocycles. The first-order valence-electron chi connectivity index (χ1n) is 13.2. The Morgan fingerprint density at radius 1 is 0.947 bits per heavy atom. The van der Waals surface area contributed by atoms with Gasteiger partial charge in [-0.25, -0.2) is 0 Å². The molecule has 2 aromatic heterocycles. The zero-order valence-electron chi connectivity index (χ0n) is 21.7. The van der Waals surface area contributed by atoms with Crippen LogP contribution in [0.3, 0.4) is 0 Å². The van der Waals surface area contributed by atoms with Crippen molar-refractivity contribution < 1.29 is 0 Å². The monoisotopic (exact) mass is 507 g/mol. The fourth-order valence-electron chi connectivity index (χ4n) is 5.10. The topological polar surface area (TPSA) is 101 Å². The highest BCUT2D eigenvalue weighted by molar-refractivity contribution is 5.68. The van der Waals surface area contributed by atoms with E-state index >= 15 is 0 Å². The van der Waals surface area contributed by atoms with E-state index in [4.69, 9.17) is 5.73 Å². The molecule has 9 nitrogen and oxygen atoms in total. The summed E-state index contributed by atoms with van der Waals surface area (Å²) in [6, 6.07) is 18.7. The average molecular weight is 508 g/mol. The molecule has 0 spiro atoms. The van der Waals surface area contributed by atoms with Gasteiger partial charge < -0.3 is 16.0 Å². The van der Waals surface area contributed by atoms with E-state index in [2.05, 4.69) is 84.9 Å². The van der Waals surface area contributed by atoms with Crippen molar-refractivity contribution in [1.82, 2.24) is 34.8 Å². The molecule has 194 valence electrons. The van der Waals surface area contributed by atoms with Crippen molar-refractivity contribution in [2.75, 3.05) is 50.8 Å². The number of fused-ring (bicyclic) bond motifs is 3. The standard InChI is InChI=1S/C29H33N9/c1-36-16-18-37(19-17-36)15-5-6-21-11-13-24(14-12-21)31-29-32-28(30)38(35-29)26-20-23-9-4-8-22-7-2-3-10-25(22)27(23)34-33-26/h2-3,5-7,10-14,20H,4,8-9,15-19H2,1H3,(H3,30,31,32,35). The predicted octanol–water partition coefficient (Wildman–Crippen LogP) is 3.80. The highest BCUT2D eigenvalue weighted by Gasteiger charge is 2.19. The van der Waals surface area contributed by atoms with Gasteiger partial charge in [0.05, 0.1) is 5.69 Å². The average Bonchev–Trinajstić information content (AvgIpc) is 3.20. The second kappa shape index (κ2) is 10.7. The summed E-state index contributed by atoms with van der Waals surface area (Å²) in [6.07, 6.45) is 7.44. The van der Waals surface area contributed by atoms with Crippen molar-refractivity contribution in [2.24, 2.45) is 0 Å². The molecular formula is C29H33N9. The van der Waals surface area contributed by atoms with Crippen LogP contribution in [0.4, 0.5) is 17.6 Å². The Morgan fingerprint density at radius 3 is 2.58 bits per heavy atom. The van der Waals surface area contributed by atoms with Gasteiger partial charge in [0.25, 0.3) is 0 Å². The first kappa shape index (κ1) is 24.3. The van der Waals surface area contributed by atoms with Crippen LogP contribution in [0, 0.1) is 0 Å². The normalized spacial score (nSPS) is 16.2. The van der Waals surface area contributed by atoms with Gasteiger partial charge in [0.15, 0.2) is 5.82 Å². The van der Waals surface area contributed by atoms with E-state index in [1.54, 1.807) is 4.68 Å². The minimum atomic E-state index is 0.263. The second-order valence-electron chi connectivity index (χ2n) is 10.0. The third kappa shape index (κ3) is 5.29. The van der Waals surface area contributed by atoms with Gasteiger partial charge in [0.2, 0.25) is 11.9 Å². The predicted molar refractivity (Wildman–Crippen MR) is 152 cm³/mol. The van der Waals surface area contributed by atoms with E-state index in [0.29, 0.717) is 11.8 Å². The minimum absolute atomic E-state index is 0.263. The zero-order valence-corrected chi connectivity index (χ0v) is 21.7. The molecule has 2 aliphatic rings. The lowest BCUT2D eigenvalue weighted by Gasteiger charge is -2.31. The number of aromatic nitrogens is 5. The summed E-state index contributed by atoms with van der Waals surface area (Å²) in [4.78, 5) is 9.26. The third-order valence-electron chi connectivity index (χ3n) is 7.31. The Hall–Kier alpha value is -4.08. The number of rotatable bonds is 6. The number of nitrogens with zero attached hydrogens (tertiary/aromatic N) is 7. The van der Waals surface area contributed by atoms with Crippen LogP contribution in [0.1, 0.15) is 23.1 Å². The number of likely N-dealkylation sites (N-methyl/N-ethyl adjacent to an activating group) is 1. The number of hydrogen-bond donors (Lipinski definition) is 2. The summed E-state index contributed by atoms with van der Waals surface area (Å²) in [7, 11) is 2.18. The molecular weight excluding hydrogens is 474 g/mol. The molecule has 1 fully saturated rings. The lowest BCUT2D eigenvalue weighted by Crippen LogP contribution is -2.44. The molecule has 1 saturated heterocycles. The summed E-state index contributed by atoms with van der Waals surface area (Å²) < 4.78 is 1.54. The van der Waals surface area contributed by atoms with E-state index in [1.807, 2.05) is 24.3 Å². The van der Waals surface area contributed by atoms with Crippen molar-refractivity contribution in [3.63, 3.8) is 0 Å². The first-order chi connectivity index (χ1) is 18.6. The van der Waals surface area contributed by atoms with Gasteiger partial charge in [-0.15, -0.1) is 15.3 Å². The summed E-state index contributed by atoms with van der Waals surface area (Å²) in [6.45, 7) is 5.49. The third-order valence-corrected chi connectivity index (χ3v) is 7.31. The number of anilines is 3. The smallest absolute Gasteiger partial charge is 0.248 e. The minimum Gasteiger partial charge on any atom is -0.368 e. The van der Waals surface area contributed by atoms with E-state index in [9.17, 15) is 0 Å². The largest absolute Gasteiger partial charge is 0.368 e. The van der Waals surface area contributed by atoms with Crippen LogP contribution >= 0.6 is 0 Å². The van der Waals surface area contributed by atoms with Crippen LogP contribution in [-0.4, -0.2) is 74.5 Å². The molecule has 0 radical (unpaired) electrons. The van der Waals surface area contributed by atoms with Crippen molar-refractivity contribution in [3.05, 3.63) is 77.4 Å². The van der Waals surface area contributed by atoms with Crippen LogP contribution in [0.5, 0.6) is 0 Å². The second-order valence-corrected chi connectivity index (χ2v) is 10.0. The lowest BCUT2D eigenvalue weighted by molar-refractivity contribution is 0.167. The maximum absolute atomic E-state index is 6.22. The van der Waals surface area contributed by atoms with E-state index in [1.165, 1.54) is 5.56 Å². The molecule has 1 aliphatic heterocycles. The summed E-state index contributed by atoms with van der Waals surface area (Å²) in [5.41, 5.74) is 12.8. The van der Waals surface area contributed by atoms with Crippen molar-refractivity contribution >= 4 is 23.7 Å². The highest BCUT2D eigenvalue weighted by Crippen LogP contribution is 2.31. The Labute approximate surface area is 223 Å². The van der Waals surface area contributed by atoms with Gasteiger partial charge in [-0.05, 0) is 61.2 Å². The number of piperazine rings is 1. The molecule has 0 bridgehead atoms. The summed E-state index contributed by atoms with van der Waals surface area (Å²) >= 11 is 0. The molecule has 6 rings (SSSR count). The molecule has 3 heterocycles. The van der Waals surface area contributed by atoms with E-state index in [0.717, 1.165) is 80.1 Å². The van der Waals surface area contributed by atoms with Gasteiger partial charge in [-0.1, -0.05) is 48.6 Å². The SMILES string of the molecule is CN1CCN(CC=Cc2ccc(Nc3nc(N)n(-c4cc5c(nn4)-c4ccccc4CCC5)n3)cc2)CC1. The first-order valence-corrected chi connectivity index (χ1v) is 13.2. The van der Waals surface area contributed by atoms with Crippen LogP contribution in [0.2, 0.25) is 0 Å². The van der Waals surface area contributed by atoms with Crippen LogP contribution < -0.4 is 11.1 Å². The van der Waals surface area contributed by atoms with Crippen LogP contribution in [-0.2, 0) is 12.8 Å². The quantitative estimate of drug-likeness (QED) is 0.407. The fraction of sp³-hybridized carbons (Fsp3) is 0.310. The molecule has 3 N–H and O–H groups in total. The maximum atomic E-state index is 6.22. The molecule has 9 heteroatoms. The lowest BCUT2D eigenvalue weighted by atomic mass is 10.0. The Bertz CT molecular complexity index is 1430. The van der Waals surface area contributed by atoms with Gasteiger partial charge in [-0.2, -0.15) is 9.67 Å². The molecule has 0 unspecified atom stereocenters. The van der Waals surface area contributed by atoms with Gasteiger partial charge in [0.1, 0.15) is 0 Å². The number of nitrogen functional groups attached to an aromatic ring is 1. The summed E-state index contributed by atoms with van der Waals surface area (Å²) in [5.74, 6) is 1.25. The van der Waals surface area contributed by atoms with Crippen molar-refractivity contribution in [3.8, 4) is 17.1 Å². The molecule has 38 heavy (non-hydrogen) atoms.